The number of rotatable bonds is 13. The smallest absolute Gasteiger partial charge is 0.243 e. The summed E-state index contributed by atoms with van der Waals surface area (Å²) >= 11 is 0. The van der Waals surface area contributed by atoms with Crippen LogP contribution in [0.4, 0.5) is 14.5 Å². The Labute approximate surface area is 217 Å². The van der Waals surface area contributed by atoms with Crippen LogP contribution in [0.3, 0.4) is 0 Å². The molecule has 0 aliphatic rings. The zero-order valence-corrected chi connectivity index (χ0v) is 22.6. The van der Waals surface area contributed by atoms with E-state index >= 15 is 0 Å². The number of nitrogens with zero attached hydrogens (tertiary/aromatic N) is 2. The lowest BCUT2D eigenvalue weighted by molar-refractivity contribution is -0.141. The molecule has 8 nitrogen and oxygen atoms in total. The van der Waals surface area contributed by atoms with Crippen LogP contribution >= 0.6 is 0 Å². The number of nitrogens with one attached hydrogen (secondary N) is 1. The Morgan fingerprint density at radius 1 is 1.08 bits per heavy atom. The Hall–Kier alpha value is -3.21. The summed E-state index contributed by atoms with van der Waals surface area (Å²) in [6, 6.07) is 9.13. The molecular weight excluding hydrogens is 504 g/mol. The van der Waals surface area contributed by atoms with Crippen molar-refractivity contribution in [2.75, 3.05) is 24.2 Å². The maximum Gasteiger partial charge on any atom is 0.243 e. The number of ether oxygens (including phenoxy) is 1. The van der Waals surface area contributed by atoms with Gasteiger partial charge in [0.2, 0.25) is 21.8 Å². The van der Waals surface area contributed by atoms with Crippen molar-refractivity contribution in [2.24, 2.45) is 0 Å². The second kappa shape index (κ2) is 13.4. The molecule has 2 amide bonds. The number of amides is 2. The SMILES string of the molecule is CC[C@@H](C(=O)NC(C)C)N(Cc1cccc(OC)c1)C(=O)CCCN(c1ccc(F)c(F)c1)S(C)(=O)=O. The van der Waals surface area contributed by atoms with Crippen molar-refractivity contribution >= 4 is 27.5 Å². The summed E-state index contributed by atoms with van der Waals surface area (Å²) in [5, 5.41) is 2.85. The second-order valence-electron chi connectivity index (χ2n) is 9.00. The first-order chi connectivity index (χ1) is 17.4. The lowest BCUT2D eigenvalue weighted by Gasteiger charge is -2.31. The fraction of sp³-hybridized carbons (Fsp3) is 0.462. The second-order valence-corrected chi connectivity index (χ2v) is 10.9. The van der Waals surface area contributed by atoms with Crippen LogP contribution in [0.1, 0.15) is 45.6 Å². The molecule has 37 heavy (non-hydrogen) atoms. The Morgan fingerprint density at radius 2 is 1.78 bits per heavy atom. The molecule has 0 saturated heterocycles. The summed E-state index contributed by atoms with van der Waals surface area (Å²) in [6.07, 6.45) is 1.36. The van der Waals surface area contributed by atoms with Crippen LogP contribution < -0.4 is 14.4 Å². The molecule has 0 heterocycles. The molecule has 2 rings (SSSR count). The van der Waals surface area contributed by atoms with Crippen molar-refractivity contribution in [2.45, 2.75) is 58.7 Å². The predicted molar refractivity (Wildman–Crippen MR) is 139 cm³/mol. The highest BCUT2D eigenvalue weighted by molar-refractivity contribution is 7.92. The van der Waals surface area contributed by atoms with Gasteiger partial charge in [-0.3, -0.25) is 13.9 Å². The van der Waals surface area contributed by atoms with Crippen molar-refractivity contribution in [1.82, 2.24) is 10.2 Å². The molecule has 0 spiro atoms. The molecule has 0 unspecified atom stereocenters. The van der Waals surface area contributed by atoms with Crippen LogP contribution in [0.5, 0.6) is 5.75 Å². The van der Waals surface area contributed by atoms with Crippen molar-refractivity contribution in [3.8, 4) is 5.75 Å². The van der Waals surface area contributed by atoms with E-state index in [-0.39, 0.29) is 49.5 Å². The maximum absolute atomic E-state index is 13.7. The van der Waals surface area contributed by atoms with Gasteiger partial charge in [0.15, 0.2) is 11.6 Å². The van der Waals surface area contributed by atoms with Crippen molar-refractivity contribution < 1.29 is 31.5 Å². The van der Waals surface area contributed by atoms with Gasteiger partial charge in [-0.25, -0.2) is 17.2 Å². The highest BCUT2D eigenvalue weighted by Crippen LogP contribution is 2.22. The average Bonchev–Trinajstić information content (AvgIpc) is 2.82. The number of carbonyl (C=O) groups excluding carboxylic acids is 2. The van der Waals surface area contributed by atoms with Crippen LogP contribution in [-0.2, 0) is 26.2 Å². The number of halogens is 2. The largest absolute Gasteiger partial charge is 0.497 e. The van der Waals surface area contributed by atoms with Gasteiger partial charge in [-0.05, 0) is 56.5 Å². The van der Waals surface area contributed by atoms with Gasteiger partial charge < -0.3 is 15.0 Å². The first-order valence-electron chi connectivity index (χ1n) is 12.0. The Kier molecular flexibility index (Phi) is 10.8. The van der Waals surface area contributed by atoms with Crippen molar-refractivity contribution in [3.63, 3.8) is 0 Å². The molecule has 1 N–H and O–H groups in total. The zero-order chi connectivity index (χ0) is 27.8. The zero-order valence-electron chi connectivity index (χ0n) is 21.8. The normalized spacial score (nSPS) is 12.2. The molecule has 0 saturated carbocycles. The topological polar surface area (TPSA) is 96.0 Å². The quantitative estimate of drug-likeness (QED) is 0.417. The average molecular weight is 540 g/mol. The van der Waals surface area contributed by atoms with Crippen LogP contribution in [0.2, 0.25) is 0 Å². The highest BCUT2D eigenvalue weighted by Gasteiger charge is 2.29. The van der Waals surface area contributed by atoms with Crippen LogP contribution in [-0.4, -0.2) is 57.1 Å². The summed E-state index contributed by atoms with van der Waals surface area (Å²) in [5.74, 6) is -2.28. The molecule has 11 heteroatoms. The number of anilines is 1. The molecule has 0 radical (unpaired) electrons. The van der Waals surface area contributed by atoms with E-state index in [2.05, 4.69) is 5.32 Å². The third kappa shape index (κ3) is 8.70. The molecule has 204 valence electrons. The number of benzene rings is 2. The Balaban J connectivity index is 2.25. The highest BCUT2D eigenvalue weighted by atomic mass is 32.2. The third-order valence-corrected chi connectivity index (χ3v) is 6.84. The molecule has 2 aromatic carbocycles. The van der Waals surface area contributed by atoms with Gasteiger partial charge >= 0.3 is 0 Å². The standard InChI is InChI=1S/C26H35F2N3O5S/c1-6-24(26(33)29-18(2)3)30(17-19-9-7-10-21(15-19)36-4)25(32)11-8-14-31(37(5,34)35)20-12-13-22(27)23(28)16-20/h7,9-10,12-13,15-16,18,24H,6,8,11,14,17H2,1-5H3,(H,29,33)/t24-/m0/s1. The summed E-state index contributed by atoms with van der Waals surface area (Å²) in [6.45, 7) is 5.50. The van der Waals surface area contributed by atoms with E-state index in [0.717, 1.165) is 28.3 Å². The molecular formula is C26H35F2N3O5S. The number of sulfonamides is 1. The number of hydrogen-bond donors (Lipinski definition) is 1. The van der Waals surface area contributed by atoms with Crippen LogP contribution in [0.15, 0.2) is 42.5 Å². The molecule has 0 aliphatic heterocycles. The minimum Gasteiger partial charge on any atom is -0.497 e. The Morgan fingerprint density at radius 3 is 2.35 bits per heavy atom. The minimum absolute atomic E-state index is 0.0372. The minimum atomic E-state index is -3.83. The van der Waals surface area contributed by atoms with E-state index in [9.17, 15) is 26.8 Å². The monoisotopic (exact) mass is 539 g/mol. The van der Waals surface area contributed by atoms with E-state index in [4.69, 9.17) is 4.74 Å². The number of carbonyl (C=O) groups is 2. The van der Waals surface area contributed by atoms with Gasteiger partial charge in [-0.15, -0.1) is 0 Å². The summed E-state index contributed by atoms with van der Waals surface area (Å²) < 4.78 is 58.0. The first kappa shape index (κ1) is 30.0. The fourth-order valence-corrected chi connectivity index (χ4v) is 4.87. The van der Waals surface area contributed by atoms with E-state index in [1.807, 2.05) is 26.8 Å². The first-order valence-corrected chi connectivity index (χ1v) is 13.9. The lowest BCUT2D eigenvalue weighted by Crippen LogP contribution is -2.50. The van der Waals surface area contributed by atoms with Gasteiger partial charge in [0.25, 0.3) is 0 Å². The van der Waals surface area contributed by atoms with Gasteiger partial charge in [0.05, 0.1) is 19.1 Å². The van der Waals surface area contributed by atoms with E-state index < -0.39 is 27.7 Å². The van der Waals surface area contributed by atoms with Crippen molar-refractivity contribution in [3.05, 3.63) is 59.7 Å². The fourth-order valence-electron chi connectivity index (χ4n) is 3.91. The third-order valence-electron chi connectivity index (χ3n) is 5.65. The molecule has 0 bridgehead atoms. The van der Waals surface area contributed by atoms with E-state index in [0.29, 0.717) is 12.2 Å². The van der Waals surface area contributed by atoms with Crippen molar-refractivity contribution in [1.29, 1.82) is 0 Å². The molecule has 2 aromatic rings. The molecule has 1 atom stereocenters. The van der Waals surface area contributed by atoms with E-state index in [1.54, 1.807) is 18.2 Å². The predicted octanol–water partition coefficient (Wildman–Crippen LogP) is 3.85. The van der Waals surface area contributed by atoms with Gasteiger partial charge in [0, 0.05) is 31.6 Å². The summed E-state index contributed by atoms with van der Waals surface area (Å²) in [5.41, 5.74) is 0.730. The number of methoxy groups -OCH3 is 1. The van der Waals surface area contributed by atoms with E-state index in [1.165, 1.54) is 18.1 Å². The molecule has 0 aliphatic carbocycles. The molecule has 0 aromatic heterocycles. The molecule has 0 fully saturated rings. The summed E-state index contributed by atoms with van der Waals surface area (Å²) in [4.78, 5) is 27.8. The van der Waals surface area contributed by atoms with Crippen LogP contribution in [0.25, 0.3) is 0 Å². The lowest BCUT2D eigenvalue weighted by atomic mass is 10.1. The van der Waals surface area contributed by atoms with Gasteiger partial charge in [0.1, 0.15) is 11.8 Å². The maximum atomic E-state index is 13.7. The van der Waals surface area contributed by atoms with Gasteiger partial charge in [-0.1, -0.05) is 19.1 Å². The Bertz CT molecular complexity index is 1190. The number of hydrogen-bond acceptors (Lipinski definition) is 5. The summed E-state index contributed by atoms with van der Waals surface area (Å²) in [7, 11) is -2.29. The van der Waals surface area contributed by atoms with Crippen LogP contribution in [0, 0.1) is 11.6 Å². The van der Waals surface area contributed by atoms with Gasteiger partial charge in [-0.2, -0.15) is 0 Å².